The molecule has 4 aliphatic rings. The van der Waals surface area contributed by atoms with Crippen LogP contribution in [0.2, 0.25) is 0 Å². The Hall–Kier alpha value is -9.17. The number of hydrogen-bond donors (Lipinski definition) is 0. The minimum absolute atomic E-state index is 0.0259. The quantitative estimate of drug-likeness (QED) is 0.0277. The van der Waals surface area contributed by atoms with Gasteiger partial charge in [0.25, 0.3) is 0 Å². The lowest BCUT2D eigenvalue weighted by Crippen LogP contribution is -2.65. The van der Waals surface area contributed by atoms with Gasteiger partial charge in [-0.05, 0) is 92.1 Å². The molecule has 20 nitrogen and oxygen atoms in total. The van der Waals surface area contributed by atoms with E-state index in [1.54, 1.807) is 65.8 Å². The zero-order valence-corrected chi connectivity index (χ0v) is 64.1. The van der Waals surface area contributed by atoms with Gasteiger partial charge in [0, 0.05) is 5.56 Å². The van der Waals surface area contributed by atoms with Gasteiger partial charge in [0.2, 0.25) is 0 Å². The normalized spacial score (nSPS) is 25.3. The molecule has 9 aromatic rings. The van der Waals surface area contributed by atoms with Crippen molar-refractivity contribution in [2.75, 3.05) is 19.8 Å². The van der Waals surface area contributed by atoms with Crippen LogP contribution in [0.15, 0.2) is 267 Å². The Labute approximate surface area is 655 Å². The van der Waals surface area contributed by atoms with Crippen LogP contribution in [0.25, 0.3) is 0 Å². The molecular weight excluding hydrogens is 1420 g/mol. The number of fused-ring (bicyclic) bond motifs is 1. The van der Waals surface area contributed by atoms with Crippen LogP contribution in [0.3, 0.4) is 0 Å². The molecule has 112 heavy (non-hydrogen) atoms. The molecule has 13 rings (SSSR count). The van der Waals surface area contributed by atoms with E-state index in [0.29, 0.717) is 5.56 Å². The second-order valence-corrected chi connectivity index (χ2v) is 30.3. The van der Waals surface area contributed by atoms with Crippen molar-refractivity contribution < 1.29 is 94.9 Å². The van der Waals surface area contributed by atoms with Gasteiger partial charge in [-0.15, -0.1) is 0 Å². The summed E-state index contributed by atoms with van der Waals surface area (Å²) in [6.45, 7) is 10.3. The lowest BCUT2D eigenvalue weighted by molar-refractivity contribution is -0.380. The molecule has 0 N–H and O–H groups in total. The van der Waals surface area contributed by atoms with Crippen LogP contribution in [0.4, 0.5) is 0 Å². The third-order valence-electron chi connectivity index (χ3n) is 19.7. The van der Waals surface area contributed by atoms with Gasteiger partial charge in [0.1, 0.15) is 67.6 Å². The standard InChI is InChI=1S/C92H100O20/c1-91(2,3)89(94)111-82-78(98-53-64-37-19-9-20-38-64)76(97-52-63-35-17-8-18-36-63)73(107-87(82)103-58-70-49-31-32-50-71(70)84(93)102-57-68-45-27-13-28-46-68)60-106-88-83(112-90(95)92(4,5)6)79(99-54-65-39-21-10-22-40-65)75(96-51-62-33-15-7-16-34-62)72(108-88)59-105-86-81(101-56-67-43-25-12-26-44-67)80(100-55-66-41-23-11-24-42-66)77-74(109-86)61-104-85(110-77)69-47-29-14-30-48-69/h7-50,72-83,85-88H,51-61H2,1-6H3/t72-,73-,74-,75-,76-,77-,78+,79+,80+,81+,82+,83+,85?,86-,87+,88+/m1/s1. The largest absolute Gasteiger partial charge is 0.457 e. The zero-order chi connectivity index (χ0) is 77.7. The van der Waals surface area contributed by atoms with Crippen molar-refractivity contribution in [3.8, 4) is 0 Å². The van der Waals surface area contributed by atoms with E-state index >= 15 is 0 Å². The molecule has 0 saturated carbocycles. The number of hydrogen-bond acceptors (Lipinski definition) is 20. The van der Waals surface area contributed by atoms with Crippen molar-refractivity contribution >= 4 is 17.9 Å². The molecule has 0 amide bonds. The molecule has 20 heteroatoms. The summed E-state index contributed by atoms with van der Waals surface area (Å²) in [5.74, 6) is -1.75. The van der Waals surface area contributed by atoms with Crippen LogP contribution >= 0.6 is 0 Å². The lowest BCUT2D eigenvalue weighted by Gasteiger charge is -2.50. The van der Waals surface area contributed by atoms with Crippen LogP contribution in [-0.4, -0.2) is 130 Å². The minimum Gasteiger partial charge on any atom is -0.457 e. The third-order valence-corrected chi connectivity index (χ3v) is 19.7. The fraction of sp³-hybridized carbons (Fsp3) is 0.380. The molecule has 16 atom stereocenters. The van der Waals surface area contributed by atoms with E-state index in [1.165, 1.54) is 0 Å². The van der Waals surface area contributed by atoms with Crippen molar-refractivity contribution in [1.82, 2.24) is 0 Å². The highest BCUT2D eigenvalue weighted by Crippen LogP contribution is 2.41. The molecule has 588 valence electrons. The maximum absolute atomic E-state index is 14.9. The topological polar surface area (TPSA) is 208 Å². The average molecular weight is 1530 g/mol. The summed E-state index contributed by atoms with van der Waals surface area (Å²) in [7, 11) is 0. The number of carbonyl (C=O) groups excluding carboxylic acids is 3. The van der Waals surface area contributed by atoms with Crippen molar-refractivity contribution in [2.24, 2.45) is 10.8 Å². The first-order valence-electron chi connectivity index (χ1n) is 38.3. The van der Waals surface area contributed by atoms with Gasteiger partial charge in [0.05, 0.1) is 82.5 Å². The molecule has 0 aromatic heterocycles. The summed E-state index contributed by atoms with van der Waals surface area (Å²) in [4.78, 5) is 43.6. The summed E-state index contributed by atoms with van der Waals surface area (Å²) in [6, 6.07) is 84.3. The van der Waals surface area contributed by atoms with Crippen LogP contribution in [-0.2, 0) is 143 Å². The predicted octanol–water partition coefficient (Wildman–Crippen LogP) is 15.3. The Morgan fingerprint density at radius 1 is 0.321 bits per heavy atom. The first-order valence-corrected chi connectivity index (χ1v) is 38.3. The monoisotopic (exact) mass is 1520 g/mol. The van der Waals surface area contributed by atoms with Gasteiger partial charge in [-0.3, -0.25) is 9.59 Å². The van der Waals surface area contributed by atoms with Crippen LogP contribution in [0.5, 0.6) is 0 Å². The van der Waals surface area contributed by atoms with Crippen LogP contribution < -0.4 is 0 Å². The average Bonchev–Trinajstić information content (AvgIpc) is 0.773. The lowest BCUT2D eigenvalue weighted by atomic mass is 9.94. The van der Waals surface area contributed by atoms with E-state index in [-0.39, 0.29) is 78.2 Å². The molecule has 4 aliphatic heterocycles. The van der Waals surface area contributed by atoms with Crippen LogP contribution in [0, 0.1) is 10.8 Å². The highest BCUT2D eigenvalue weighted by Gasteiger charge is 2.57. The van der Waals surface area contributed by atoms with Crippen molar-refractivity contribution in [2.45, 2.75) is 193 Å². The van der Waals surface area contributed by atoms with E-state index in [4.69, 9.17) is 80.5 Å². The maximum Gasteiger partial charge on any atom is 0.338 e. The van der Waals surface area contributed by atoms with E-state index in [2.05, 4.69) is 0 Å². The van der Waals surface area contributed by atoms with E-state index in [9.17, 15) is 14.4 Å². The van der Waals surface area contributed by atoms with Gasteiger partial charge in [-0.1, -0.05) is 261 Å². The molecule has 9 aromatic carbocycles. The molecule has 0 bridgehead atoms. The van der Waals surface area contributed by atoms with Gasteiger partial charge >= 0.3 is 17.9 Å². The second-order valence-electron chi connectivity index (χ2n) is 30.3. The Morgan fingerprint density at radius 3 is 1.05 bits per heavy atom. The van der Waals surface area contributed by atoms with Crippen LogP contribution in [0.1, 0.15) is 108 Å². The summed E-state index contributed by atoms with van der Waals surface area (Å²) < 4.78 is 118. The summed E-state index contributed by atoms with van der Waals surface area (Å²) in [5, 5.41) is 0. The number of carbonyl (C=O) groups is 3. The molecule has 0 radical (unpaired) electrons. The maximum atomic E-state index is 14.9. The molecule has 1 unspecified atom stereocenters. The van der Waals surface area contributed by atoms with Crippen molar-refractivity contribution in [3.63, 3.8) is 0 Å². The number of rotatable bonds is 33. The zero-order valence-electron chi connectivity index (χ0n) is 64.1. The molecule has 0 aliphatic carbocycles. The summed E-state index contributed by atoms with van der Waals surface area (Å²) >= 11 is 0. The summed E-state index contributed by atoms with van der Waals surface area (Å²) in [5.41, 5.74) is 5.32. The Kier molecular flexibility index (Phi) is 28.5. The van der Waals surface area contributed by atoms with Gasteiger partial charge in [-0.25, -0.2) is 4.79 Å². The van der Waals surface area contributed by atoms with Gasteiger partial charge < -0.3 is 80.5 Å². The van der Waals surface area contributed by atoms with Gasteiger partial charge in [0.15, 0.2) is 37.4 Å². The second kappa shape index (κ2) is 39.5. The number of ether oxygens (including phenoxy) is 17. The van der Waals surface area contributed by atoms with Crippen molar-refractivity contribution in [1.29, 1.82) is 0 Å². The van der Waals surface area contributed by atoms with E-state index in [1.807, 2.05) is 243 Å². The minimum atomic E-state index is -1.51. The highest BCUT2D eigenvalue weighted by molar-refractivity contribution is 5.91. The van der Waals surface area contributed by atoms with E-state index < -0.39 is 127 Å². The fourth-order valence-electron chi connectivity index (χ4n) is 13.6. The Balaban J connectivity index is 0.886. The van der Waals surface area contributed by atoms with E-state index in [0.717, 1.165) is 44.5 Å². The third kappa shape index (κ3) is 22.2. The number of benzene rings is 9. The molecule has 4 heterocycles. The smallest absolute Gasteiger partial charge is 0.338 e. The fourth-order valence-corrected chi connectivity index (χ4v) is 13.6. The molecule has 4 fully saturated rings. The molecule has 0 spiro atoms. The summed E-state index contributed by atoms with van der Waals surface area (Å²) in [6.07, 6.45) is -17.7. The van der Waals surface area contributed by atoms with Crippen molar-refractivity contribution in [3.05, 3.63) is 323 Å². The first-order chi connectivity index (χ1) is 54.5. The Morgan fingerprint density at radius 2 is 0.652 bits per heavy atom. The first kappa shape index (κ1) is 80.9. The van der Waals surface area contributed by atoms with Gasteiger partial charge in [-0.2, -0.15) is 0 Å². The Bertz CT molecular complexity index is 4310. The number of esters is 3. The molecule has 4 saturated heterocycles. The molecular formula is C92H100O20. The highest BCUT2D eigenvalue weighted by atomic mass is 16.8. The SMILES string of the molecule is CC(C)(C)C(=O)O[C@@H]1[C@@H](OC[C@H]2O[C@H](OCc3ccccc3C(=O)OCc3ccccc3)[C@@H](OC(=O)C(C)(C)C)[C@@H](OCc3ccccc3)[C@@H]2OCc2ccccc2)O[C@H](CO[C@@H]2O[C@@H]3COC(c4ccccc4)O[C@H]3[C@H](OCc3ccccc3)[C@@H]2OCc2ccccc2)[C@@H](OCc2ccccc2)[C@@H]1OCc1ccccc1. The predicted molar refractivity (Wildman–Crippen MR) is 413 cm³/mol.